The van der Waals surface area contributed by atoms with Gasteiger partial charge in [-0.2, -0.15) is 5.26 Å². The number of ketones is 1. The van der Waals surface area contributed by atoms with Gasteiger partial charge in [0.15, 0.2) is 5.78 Å². The number of Topliss-reactive ketones (excluding diaryl/α,β-unsaturated/α-hetero) is 1. The molecule has 152 valence electrons. The van der Waals surface area contributed by atoms with Gasteiger partial charge in [-0.05, 0) is 31.6 Å². The minimum atomic E-state index is -0.129. The Kier molecular flexibility index (Phi) is 4.98. The molecule has 0 bridgehead atoms. The molecule has 0 aliphatic heterocycles. The number of rotatable bonds is 2. The highest BCUT2D eigenvalue weighted by atomic mass is 16.1. The van der Waals surface area contributed by atoms with Crippen LogP contribution >= 0.6 is 0 Å². The molecule has 4 nitrogen and oxygen atoms in total. The smallest absolute Gasteiger partial charge is 0.176 e. The largest absolute Gasteiger partial charge is 0.293 e. The third-order valence-electron chi connectivity index (χ3n) is 7.37. The van der Waals surface area contributed by atoms with E-state index in [4.69, 9.17) is 9.97 Å². The normalized spacial score (nSPS) is 26.3. The summed E-state index contributed by atoms with van der Waals surface area (Å²) in [6.07, 6.45) is 9.79. The van der Waals surface area contributed by atoms with E-state index in [0.717, 1.165) is 48.5 Å². The molecule has 30 heavy (non-hydrogen) atoms. The average molecular weight is 398 g/mol. The van der Waals surface area contributed by atoms with Gasteiger partial charge in [-0.3, -0.25) is 4.79 Å². The number of fused-ring (bicyclic) bond motifs is 3. The van der Waals surface area contributed by atoms with Gasteiger partial charge >= 0.3 is 0 Å². The molecular weight excluding hydrogens is 370 g/mol. The van der Waals surface area contributed by atoms with E-state index in [1.807, 2.05) is 19.1 Å². The topological polar surface area (TPSA) is 66.6 Å². The molecule has 1 aromatic carbocycles. The molecule has 1 saturated carbocycles. The second-order valence-electron chi connectivity index (χ2n) is 9.07. The number of hydrogen-bond acceptors (Lipinski definition) is 4. The number of nitriles is 1. The maximum Gasteiger partial charge on any atom is 0.176 e. The van der Waals surface area contributed by atoms with Crippen LogP contribution in [-0.2, 0) is 11.2 Å². The molecule has 0 saturated heterocycles. The average Bonchev–Trinajstić information content (AvgIpc) is 2.81. The molecule has 4 heteroatoms. The number of hydrogen-bond donors (Lipinski definition) is 0. The van der Waals surface area contributed by atoms with Gasteiger partial charge in [0.2, 0.25) is 0 Å². The van der Waals surface area contributed by atoms with E-state index in [1.165, 1.54) is 24.8 Å². The van der Waals surface area contributed by atoms with Crippen LogP contribution in [0.15, 0.2) is 42.0 Å². The Morgan fingerprint density at radius 3 is 2.53 bits per heavy atom. The summed E-state index contributed by atoms with van der Waals surface area (Å²) in [6, 6.07) is 12.6. The highest BCUT2D eigenvalue weighted by Gasteiger charge is 2.42. The van der Waals surface area contributed by atoms with Crippen molar-refractivity contribution in [2.24, 2.45) is 11.8 Å². The number of allylic oxidation sites excluding steroid dienone is 2. The minimum Gasteiger partial charge on any atom is -0.293 e. The lowest BCUT2D eigenvalue weighted by Crippen LogP contribution is -2.35. The second kappa shape index (κ2) is 7.80. The molecule has 5 rings (SSSR count). The highest BCUT2D eigenvalue weighted by Crippen LogP contribution is 2.47. The van der Waals surface area contributed by atoms with Gasteiger partial charge in [-0.1, -0.05) is 62.6 Å². The molecule has 0 N–H and O–H groups in total. The molecule has 1 heterocycles. The molecule has 3 unspecified atom stereocenters. The number of nitrogens with zero attached hydrogens (tertiary/aromatic N) is 3. The Morgan fingerprint density at radius 2 is 1.80 bits per heavy atom. The number of aromatic nitrogens is 2. The maximum absolute atomic E-state index is 12.6. The van der Waals surface area contributed by atoms with E-state index in [1.54, 1.807) is 0 Å². The third-order valence-corrected chi connectivity index (χ3v) is 7.37. The van der Waals surface area contributed by atoms with E-state index >= 15 is 0 Å². The zero-order valence-electron chi connectivity index (χ0n) is 17.5. The van der Waals surface area contributed by atoms with Crippen molar-refractivity contribution in [2.75, 3.05) is 0 Å². The summed E-state index contributed by atoms with van der Waals surface area (Å²) < 4.78 is 0. The number of carbonyl (C=O) groups excluding carboxylic acids is 1. The van der Waals surface area contributed by atoms with E-state index in [2.05, 4.69) is 30.3 Å². The summed E-state index contributed by atoms with van der Waals surface area (Å²) in [5, 5.41) is 9.54. The predicted molar refractivity (Wildman–Crippen MR) is 116 cm³/mol. The number of benzene rings is 1. The van der Waals surface area contributed by atoms with Gasteiger partial charge in [0.05, 0.1) is 17.0 Å². The van der Waals surface area contributed by atoms with Crippen LogP contribution in [0.2, 0.25) is 0 Å². The van der Waals surface area contributed by atoms with Gasteiger partial charge in [-0.25, -0.2) is 9.97 Å². The van der Waals surface area contributed by atoms with Crippen LogP contribution in [0.5, 0.6) is 0 Å². The third kappa shape index (κ3) is 3.17. The van der Waals surface area contributed by atoms with Gasteiger partial charge in [0.1, 0.15) is 11.9 Å². The van der Waals surface area contributed by atoms with Crippen LogP contribution < -0.4 is 0 Å². The lowest BCUT2D eigenvalue weighted by molar-refractivity contribution is -0.120. The van der Waals surface area contributed by atoms with E-state index in [9.17, 15) is 10.1 Å². The summed E-state index contributed by atoms with van der Waals surface area (Å²) >= 11 is 0. The Labute approximate surface area is 178 Å². The van der Waals surface area contributed by atoms with Gasteiger partial charge in [0.25, 0.3) is 0 Å². The first-order valence-corrected chi connectivity index (χ1v) is 11.3. The monoisotopic (exact) mass is 397 g/mol. The summed E-state index contributed by atoms with van der Waals surface area (Å²) in [4.78, 5) is 22.9. The first-order chi connectivity index (χ1) is 14.7. The Hall–Kier alpha value is -2.80. The van der Waals surface area contributed by atoms with E-state index in [0.29, 0.717) is 11.5 Å². The molecule has 3 atom stereocenters. The van der Waals surface area contributed by atoms with Gasteiger partial charge < -0.3 is 0 Å². The van der Waals surface area contributed by atoms with Crippen molar-refractivity contribution in [1.29, 1.82) is 5.26 Å². The fraction of sp³-hybridized carbons (Fsp3) is 0.462. The van der Waals surface area contributed by atoms with Crippen molar-refractivity contribution in [2.45, 2.75) is 63.7 Å². The molecule has 2 aromatic rings. The number of carbonyl (C=O) groups is 1. The van der Waals surface area contributed by atoms with Crippen molar-refractivity contribution in [3.05, 3.63) is 59.1 Å². The van der Waals surface area contributed by atoms with Crippen LogP contribution in [-0.4, -0.2) is 15.8 Å². The molecule has 1 aromatic heterocycles. The van der Waals surface area contributed by atoms with Crippen molar-refractivity contribution in [3.8, 4) is 17.3 Å². The zero-order chi connectivity index (χ0) is 20.7. The first-order valence-electron chi connectivity index (χ1n) is 11.3. The molecule has 0 radical (unpaired) electrons. The predicted octanol–water partition coefficient (Wildman–Crippen LogP) is 5.51. The van der Waals surface area contributed by atoms with Crippen molar-refractivity contribution in [1.82, 2.24) is 9.97 Å². The molecular formula is C26H27N3O. The zero-order valence-corrected chi connectivity index (χ0v) is 17.5. The maximum atomic E-state index is 12.6. The van der Waals surface area contributed by atoms with Crippen LogP contribution in [0, 0.1) is 23.2 Å². The first kappa shape index (κ1) is 19.2. The quantitative estimate of drug-likeness (QED) is 0.670. The molecule has 3 aliphatic rings. The Morgan fingerprint density at radius 1 is 1.03 bits per heavy atom. The van der Waals surface area contributed by atoms with Gasteiger partial charge in [0, 0.05) is 28.9 Å². The standard InChI is InChI=1S/C26H27N3O/c1-16-20-12-13-21-23(17-8-4-2-5-9-17)28-26(18-10-6-3-7-11-18)29-24(21)22(20)14-19(15-27)25(16)30/h2,4-5,8-9,14,16,18,20,22H,3,6-7,10-13H2,1H3. The molecule has 1 fully saturated rings. The van der Waals surface area contributed by atoms with Gasteiger partial charge in [-0.15, -0.1) is 0 Å². The summed E-state index contributed by atoms with van der Waals surface area (Å²) in [6.45, 7) is 1.98. The molecule has 0 spiro atoms. The second-order valence-corrected chi connectivity index (χ2v) is 9.07. The Balaban J connectivity index is 1.69. The van der Waals surface area contributed by atoms with Crippen LogP contribution in [0.4, 0.5) is 0 Å². The van der Waals surface area contributed by atoms with Crippen LogP contribution in [0.3, 0.4) is 0 Å². The summed E-state index contributed by atoms with van der Waals surface area (Å²) in [5.41, 5.74) is 4.76. The van der Waals surface area contributed by atoms with Crippen LogP contribution in [0.1, 0.15) is 74.4 Å². The molecule has 3 aliphatic carbocycles. The van der Waals surface area contributed by atoms with Crippen molar-refractivity contribution >= 4 is 5.78 Å². The highest BCUT2D eigenvalue weighted by molar-refractivity contribution is 6.01. The SMILES string of the molecule is CC1C(=O)C(C#N)=CC2c3nc(C4CCCCC4)nc(-c4ccccc4)c3CCC12. The summed E-state index contributed by atoms with van der Waals surface area (Å²) in [5.74, 6) is 1.49. The van der Waals surface area contributed by atoms with Crippen molar-refractivity contribution in [3.63, 3.8) is 0 Å². The fourth-order valence-electron chi connectivity index (χ4n) is 5.67. The van der Waals surface area contributed by atoms with E-state index in [-0.39, 0.29) is 23.5 Å². The Bertz CT molecular complexity index is 1040. The van der Waals surface area contributed by atoms with E-state index < -0.39 is 0 Å². The molecule has 0 amide bonds. The van der Waals surface area contributed by atoms with Crippen LogP contribution in [0.25, 0.3) is 11.3 Å². The lowest BCUT2D eigenvalue weighted by Gasteiger charge is -2.38. The lowest BCUT2D eigenvalue weighted by atomic mass is 9.66. The van der Waals surface area contributed by atoms with Crippen molar-refractivity contribution < 1.29 is 4.79 Å². The summed E-state index contributed by atoms with van der Waals surface area (Å²) in [7, 11) is 0. The fourth-order valence-corrected chi connectivity index (χ4v) is 5.67. The minimum absolute atomic E-state index is 0.00737.